The van der Waals surface area contributed by atoms with E-state index in [1.165, 1.54) is 0 Å². The zero-order chi connectivity index (χ0) is 14.1. The van der Waals surface area contributed by atoms with E-state index in [0.717, 1.165) is 28.2 Å². The minimum atomic E-state index is 0.0220. The van der Waals surface area contributed by atoms with Crippen LogP contribution in [-0.2, 0) is 0 Å². The molecule has 5 heteroatoms. The minimum absolute atomic E-state index is 0.0220. The topological polar surface area (TPSA) is 59.9 Å². The SMILES string of the molecule is N#CC1CCN(C(=O)c2cc3cc(Br)ccc3[nH]2)CC1. The number of carbonyl (C=O) groups is 1. The number of H-pyrrole nitrogens is 1. The highest BCUT2D eigenvalue weighted by atomic mass is 79.9. The van der Waals surface area contributed by atoms with Crippen LogP contribution in [0.3, 0.4) is 0 Å². The van der Waals surface area contributed by atoms with Gasteiger partial charge in [0.05, 0.1) is 6.07 Å². The molecule has 0 bridgehead atoms. The smallest absolute Gasteiger partial charge is 0.270 e. The predicted octanol–water partition coefficient (Wildman–Crippen LogP) is 3.31. The normalized spacial score (nSPS) is 16.3. The summed E-state index contributed by atoms with van der Waals surface area (Å²) in [6.07, 6.45) is 1.54. The molecule has 1 amide bonds. The predicted molar refractivity (Wildman–Crippen MR) is 80.2 cm³/mol. The van der Waals surface area contributed by atoms with Crippen molar-refractivity contribution in [3.8, 4) is 6.07 Å². The van der Waals surface area contributed by atoms with Crippen molar-refractivity contribution in [1.82, 2.24) is 9.88 Å². The Hall–Kier alpha value is -1.80. The second-order valence-corrected chi connectivity index (χ2v) is 6.03. The number of hydrogen-bond donors (Lipinski definition) is 1. The van der Waals surface area contributed by atoms with Crippen LogP contribution in [0.4, 0.5) is 0 Å². The first-order valence-corrected chi connectivity index (χ1v) is 7.44. The summed E-state index contributed by atoms with van der Waals surface area (Å²) in [7, 11) is 0. The second kappa shape index (κ2) is 5.29. The van der Waals surface area contributed by atoms with Gasteiger partial charge in [-0.1, -0.05) is 15.9 Å². The van der Waals surface area contributed by atoms with Crippen LogP contribution in [0.15, 0.2) is 28.7 Å². The second-order valence-electron chi connectivity index (χ2n) is 5.11. The molecule has 4 nitrogen and oxygen atoms in total. The van der Waals surface area contributed by atoms with Crippen LogP contribution in [-0.4, -0.2) is 28.9 Å². The number of carbonyl (C=O) groups excluding carboxylic acids is 1. The molecular formula is C15H14BrN3O. The monoisotopic (exact) mass is 331 g/mol. The average Bonchev–Trinajstić information content (AvgIpc) is 2.89. The molecule has 0 saturated carbocycles. The van der Waals surface area contributed by atoms with Crippen molar-refractivity contribution >= 4 is 32.7 Å². The first kappa shape index (κ1) is 13.2. The van der Waals surface area contributed by atoms with Gasteiger partial charge in [0.25, 0.3) is 5.91 Å². The highest BCUT2D eigenvalue weighted by Gasteiger charge is 2.24. The molecule has 2 aromatic rings. The van der Waals surface area contributed by atoms with Crippen LogP contribution >= 0.6 is 15.9 Å². The largest absolute Gasteiger partial charge is 0.351 e. The Morgan fingerprint density at radius 3 is 2.80 bits per heavy atom. The fourth-order valence-electron chi connectivity index (χ4n) is 2.60. The molecule has 1 aromatic heterocycles. The molecule has 1 fully saturated rings. The summed E-state index contributed by atoms with van der Waals surface area (Å²) in [5.41, 5.74) is 1.58. The van der Waals surface area contributed by atoms with Crippen LogP contribution in [0, 0.1) is 17.2 Å². The summed E-state index contributed by atoms with van der Waals surface area (Å²) < 4.78 is 0.998. The Balaban J connectivity index is 1.81. The molecule has 1 aliphatic rings. The number of fused-ring (bicyclic) bond motifs is 1. The van der Waals surface area contributed by atoms with E-state index in [-0.39, 0.29) is 11.8 Å². The highest BCUT2D eigenvalue weighted by Crippen LogP contribution is 2.23. The number of hydrogen-bond acceptors (Lipinski definition) is 2. The van der Waals surface area contributed by atoms with Gasteiger partial charge < -0.3 is 9.88 Å². The fraction of sp³-hybridized carbons (Fsp3) is 0.333. The van der Waals surface area contributed by atoms with E-state index in [4.69, 9.17) is 5.26 Å². The zero-order valence-corrected chi connectivity index (χ0v) is 12.5. The molecule has 1 saturated heterocycles. The molecule has 2 heterocycles. The van der Waals surface area contributed by atoms with Crippen LogP contribution < -0.4 is 0 Å². The van der Waals surface area contributed by atoms with E-state index in [9.17, 15) is 4.79 Å². The van der Waals surface area contributed by atoms with Gasteiger partial charge in [0.15, 0.2) is 0 Å². The van der Waals surface area contributed by atoms with Crippen molar-refractivity contribution in [2.24, 2.45) is 5.92 Å². The lowest BCUT2D eigenvalue weighted by atomic mass is 9.98. The standard InChI is InChI=1S/C15H14BrN3O/c16-12-1-2-13-11(7-12)8-14(18-13)15(20)19-5-3-10(9-17)4-6-19/h1-2,7-8,10,18H,3-6H2. The third-order valence-electron chi connectivity index (χ3n) is 3.78. The highest BCUT2D eigenvalue weighted by molar-refractivity contribution is 9.10. The molecule has 1 aliphatic heterocycles. The number of aromatic amines is 1. The number of piperidine rings is 1. The molecule has 102 valence electrons. The van der Waals surface area contributed by atoms with Crippen molar-refractivity contribution in [3.63, 3.8) is 0 Å². The van der Waals surface area contributed by atoms with Gasteiger partial charge >= 0.3 is 0 Å². The maximum atomic E-state index is 12.4. The van der Waals surface area contributed by atoms with Crippen LogP contribution in [0.25, 0.3) is 10.9 Å². The van der Waals surface area contributed by atoms with Crippen molar-refractivity contribution in [1.29, 1.82) is 5.26 Å². The lowest BCUT2D eigenvalue weighted by Crippen LogP contribution is -2.38. The molecule has 0 aliphatic carbocycles. The van der Waals surface area contributed by atoms with Gasteiger partial charge in [-0.25, -0.2) is 0 Å². The minimum Gasteiger partial charge on any atom is -0.351 e. The van der Waals surface area contributed by atoms with Crippen molar-refractivity contribution in [2.45, 2.75) is 12.8 Å². The summed E-state index contributed by atoms with van der Waals surface area (Å²) in [6, 6.07) is 10.1. The number of nitrogens with one attached hydrogen (secondary N) is 1. The number of likely N-dealkylation sites (tertiary alicyclic amines) is 1. The first-order valence-electron chi connectivity index (χ1n) is 6.64. The van der Waals surface area contributed by atoms with Gasteiger partial charge in [0.1, 0.15) is 5.69 Å². The van der Waals surface area contributed by atoms with Crippen LogP contribution in [0.1, 0.15) is 23.3 Å². The van der Waals surface area contributed by atoms with Crippen molar-refractivity contribution in [2.75, 3.05) is 13.1 Å². The van der Waals surface area contributed by atoms with E-state index >= 15 is 0 Å². The summed E-state index contributed by atoms with van der Waals surface area (Å²) in [5, 5.41) is 9.91. The van der Waals surface area contributed by atoms with E-state index in [0.29, 0.717) is 18.8 Å². The van der Waals surface area contributed by atoms with Crippen LogP contribution in [0.2, 0.25) is 0 Å². The Morgan fingerprint density at radius 1 is 1.35 bits per heavy atom. The molecule has 20 heavy (non-hydrogen) atoms. The molecular weight excluding hydrogens is 318 g/mol. The fourth-order valence-corrected chi connectivity index (χ4v) is 2.98. The lowest BCUT2D eigenvalue weighted by molar-refractivity contribution is 0.0702. The number of nitrogens with zero attached hydrogens (tertiary/aromatic N) is 2. The quantitative estimate of drug-likeness (QED) is 0.871. The van der Waals surface area contributed by atoms with Gasteiger partial charge in [0.2, 0.25) is 0 Å². The van der Waals surface area contributed by atoms with E-state index in [1.54, 1.807) is 0 Å². The summed E-state index contributed by atoms with van der Waals surface area (Å²) >= 11 is 3.43. The number of benzene rings is 1. The van der Waals surface area contributed by atoms with Crippen molar-refractivity contribution in [3.05, 3.63) is 34.4 Å². The molecule has 3 rings (SSSR count). The summed E-state index contributed by atoms with van der Waals surface area (Å²) in [5.74, 6) is 0.117. The summed E-state index contributed by atoms with van der Waals surface area (Å²) in [4.78, 5) is 17.4. The number of halogens is 1. The molecule has 0 spiro atoms. The molecule has 1 N–H and O–H groups in total. The molecule has 1 aromatic carbocycles. The van der Waals surface area contributed by atoms with E-state index < -0.39 is 0 Å². The van der Waals surface area contributed by atoms with Crippen LogP contribution in [0.5, 0.6) is 0 Å². The van der Waals surface area contributed by atoms with E-state index in [2.05, 4.69) is 27.0 Å². The lowest BCUT2D eigenvalue weighted by Gasteiger charge is -2.28. The molecule has 0 atom stereocenters. The van der Waals surface area contributed by atoms with Gasteiger partial charge in [-0.05, 0) is 37.1 Å². The van der Waals surface area contributed by atoms with Gasteiger partial charge in [0, 0.05) is 34.4 Å². The van der Waals surface area contributed by atoms with Gasteiger partial charge in [-0.3, -0.25) is 4.79 Å². The third-order valence-corrected chi connectivity index (χ3v) is 4.27. The Labute approximate surface area is 125 Å². The molecule has 0 radical (unpaired) electrons. The molecule has 0 unspecified atom stereocenters. The number of nitriles is 1. The Kier molecular flexibility index (Phi) is 3.49. The average molecular weight is 332 g/mol. The number of aromatic nitrogens is 1. The third kappa shape index (κ3) is 2.44. The Morgan fingerprint density at radius 2 is 2.10 bits per heavy atom. The van der Waals surface area contributed by atoms with Gasteiger partial charge in [-0.15, -0.1) is 0 Å². The van der Waals surface area contributed by atoms with Gasteiger partial charge in [-0.2, -0.15) is 5.26 Å². The Bertz CT molecular complexity index is 693. The first-order chi connectivity index (χ1) is 9.67. The number of amides is 1. The van der Waals surface area contributed by atoms with Crippen molar-refractivity contribution < 1.29 is 4.79 Å². The maximum Gasteiger partial charge on any atom is 0.270 e. The number of rotatable bonds is 1. The summed E-state index contributed by atoms with van der Waals surface area (Å²) in [6.45, 7) is 1.33. The maximum absolute atomic E-state index is 12.4. The van der Waals surface area contributed by atoms with E-state index in [1.807, 2.05) is 29.2 Å². The zero-order valence-electron chi connectivity index (χ0n) is 10.9.